The molecule has 0 aromatic carbocycles. The molecule has 1 aromatic rings. The highest BCUT2D eigenvalue weighted by Crippen LogP contribution is 2.21. The monoisotopic (exact) mass is 284 g/mol. The largest absolute Gasteiger partial charge is 0.393 e. The minimum absolute atomic E-state index is 0.257. The van der Waals surface area contributed by atoms with Gasteiger partial charge in [0, 0.05) is 11.9 Å². The smallest absolute Gasteiger partial charge is 0.313 e. The maximum absolute atomic E-state index is 11.6. The lowest BCUT2D eigenvalue weighted by Crippen LogP contribution is -2.41. The van der Waals surface area contributed by atoms with Crippen LogP contribution < -0.4 is 10.6 Å². The first kappa shape index (κ1) is 15.7. The van der Waals surface area contributed by atoms with Gasteiger partial charge in [0.15, 0.2) is 0 Å². The van der Waals surface area contributed by atoms with Crippen molar-refractivity contribution in [3.05, 3.63) is 16.8 Å². The van der Waals surface area contributed by atoms with Gasteiger partial charge in [-0.1, -0.05) is 13.8 Å². The summed E-state index contributed by atoms with van der Waals surface area (Å²) in [5, 5.41) is 18.0. The van der Waals surface area contributed by atoms with E-state index in [1.807, 2.05) is 19.2 Å². The van der Waals surface area contributed by atoms with Gasteiger partial charge in [0.1, 0.15) is 0 Å². The summed E-state index contributed by atoms with van der Waals surface area (Å²) in [6.45, 7) is 5.90. The molecule has 1 rings (SSSR count). The molecule has 0 saturated heterocycles. The van der Waals surface area contributed by atoms with Gasteiger partial charge in [-0.15, -0.1) is 0 Å². The molecule has 0 saturated carbocycles. The van der Waals surface area contributed by atoms with Crippen LogP contribution in [0.3, 0.4) is 0 Å². The van der Waals surface area contributed by atoms with Crippen LogP contribution in [-0.2, 0) is 9.59 Å². The molecular weight excluding hydrogens is 264 g/mol. The zero-order valence-electron chi connectivity index (χ0n) is 11.4. The second-order valence-electron chi connectivity index (χ2n) is 5.37. The third-order valence-corrected chi connectivity index (χ3v) is 3.24. The summed E-state index contributed by atoms with van der Waals surface area (Å²) in [4.78, 5) is 23.2. The van der Waals surface area contributed by atoms with Crippen LogP contribution in [0.1, 0.15) is 27.2 Å². The summed E-state index contributed by atoms with van der Waals surface area (Å²) < 4.78 is 0. The highest BCUT2D eigenvalue weighted by molar-refractivity contribution is 7.08. The Bertz CT molecular complexity index is 427. The van der Waals surface area contributed by atoms with Gasteiger partial charge in [-0.3, -0.25) is 9.59 Å². The number of aliphatic hydroxyl groups excluding tert-OH is 1. The molecule has 19 heavy (non-hydrogen) atoms. The third-order valence-electron chi connectivity index (χ3n) is 2.56. The van der Waals surface area contributed by atoms with Crippen LogP contribution in [0, 0.1) is 5.41 Å². The number of amides is 2. The van der Waals surface area contributed by atoms with Gasteiger partial charge in [0.2, 0.25) is 0 Å². The zero-order valence-corrected chi connectivity index (χ0v) is 12.2. The summed E-state index contributed by atoms with van der Waals surface area (Å²) in [6, 6.07) is 1.73. The van der Waals surface area contributed by atoms with Gasteiger partial charge >= 0.3 is 11.8 Å². The van der Waals surface area contributed by atoms with E-state index >= 15 is 0 Å². The Kier molecular flexibility index (Phi) is 5.50. The van der Waals surface area contributed by atoms with Gasteiger partial charge < -0.3 is 15.7 Å². The first-order valence-corrected chi connectivity index (χ1v) is 7.04. The molecule has 0 radical (unpaired) electrons. The van der Waals surface area contributed by atoms with Crippen molar-refractivity contribution in [1.29, 1.82) is 0 Å². The lowest BCUT2D eigenvalue weighted by Gasteiger charge is -2.26. The topological polar surface area (TPSA) is 78.4 Å². The molecule has 0 fully saturated rings. The summed E-state index contributed by atoms with van der Waals surface area (Å²) in [5.41, 5.74) is 0.361. The fraction of sp³-hybridized carbons (Fsp3) is 0.538. The van der Waals surface area contributed by atoms with Crippen molar-refractivity contribution < 1.29 is 14.7 Å². The molecule has 1 heterocycles. The number of anilines is 1. The van der Waals surface area contributed by atoms with Crippen LogP contribution in [0.25, 0.3) is 0 Å². The van der Waals surface area contributed by atoms with Crippen molar-refractivity contribution in [2.75, 3.05) is 11.9 Å². The van der Waals surface area contributed by atoms with E-state index in [4.69, 9.17) is 0 Å². The molecule has 1 atom stereocenters. The van der Waals surface area contributed by atoms with Crippen molar-refractivity contribution in [3.63, 3.8) is 0 Å². The van der Waals surface area contributed by atoms with E-state index in [9.17, 15) is 14.7 Å². The highest BCUT2D eigenvalue weighted by Gasteiger charge is 2.23. The molecule has 0 bridgehead atoms. The summed E-state index contributed by atoms with van der Waals surface area (Å²) in [5.74, 6) is -1.34. The Morgan fingerprint density at radius 1 is 1.42 bits per heavy atom. The van der Waals surface area contributed by atoms with E-state index in [-0.39, 0.29) is 5.41 Å². The minimum atomic E-state index is -0.675. The number of aliphatic hydroxyl groups is 1. The van der Waals surface area contributed by atoms with E-state index in [1.54, 1.807) is 18.4 Å². The first-order chi connectivity index (χ1) is 8.80. The summed E-state index contributed by atoms with van der Waals surface area (Å²) in [6.07, 6.45) is 0.117. The number of hydrogen-bond acceptors (Lipinski definition) is 4. The van der Waals surface area contributed by atoms with Crippen molar-refractivity contribution in [1.82, 2.24) is 5.32 Å². The number of thiophene rings is 1. The van der Waals surface area contributed by atoms with Gasteiger partial charge in [0.05, 0.1) is 11.8 Å². The van der Waals surface area contributed by atoms with Crippen LogP contribution >= 0.6 is 11.3 Å². The predicted octanol–water partition coefficient (Wildman–Crippen LogP) is 1.60. The SMILES string of the molecule is CC(O)CC(C)(C)CNC(=O)C(=O)Nc1ccsc1. The quantitative estimate of drug-likeness (QED) is 0.719. The van der Waals surface area contributed by atoms with E-state index < -0.39 is 17.9 Å². The molecule has 3 N–H and O–H groups in total. The lowest BCUT2D eigenvalue weighted by molar-refractivity contribution is -0.136. The number of carbonyl (C=O) groups is 2. The normalized spacial score (nSPS) is 12.8. The van der Waals surface area contributed by atoms with E-state index in [0.29, 0.717) is 18.7 Å². The standard InChI is InChI=1S/C13H20N2O3S/c1-9(16)6-13(2,3)8-14-11(17)12(18)15-10-4-5-19-7-10/h4-5,7,9,16H,6,8H2,1-3H3,(H,14,17)(H,15,18). The second kappa shape index (κ2) is 6.68. The third kappa shape index (κ3) is 5.85. The zero-order chi connectivity index (χ0) is 14.5. The van der Waals surface area contributed by atoms with Crippen molar-refractivity contribution in [3.8, 4) is 0 Å². The molecule has 2 amide bonds. The van der Waals surface area contributed by atoms with E-state index in [1.165, 1.54) is 11.3 Å². The van der Waals surface area contributed by atoms with Crippen molar-refractivity contribution in [2.45, 2.75) is 33.3 Å². The summed E-state index contributed by atoms with van der Waals surface area (Å²) in [7, 11) is 0. The number of rotatable bonds is 5. The van der Waals surface area contributed by atoms with E-state index in [0.717, 1.165) is 0 Å². The predicted molar refractivity (Wildman–Crippen MR) is 76.0 cm³/mol. The molecule has 0 aliphatic rings. The van der Waals surface area contributed by atoms with Crippen molar-refractivity contribution in [2.24, 2.45) is 5.41 Å². The minimum Gasteiger partial charge on any atom is -0.393 e. The summed E-state index contributed by atoms with van der Waals surface area (Å²) >= 11 is 1.44. The van der Waals surface area contributed by atoms with E-state index in [2.05, 4.69) is 10.6 Å². The van der Waals surface area contributed by atoms with Crippen LogP contribution in [-0.4, -0.2) is 29.6 Å². The molecule has 5 nitrogen and oxygen atoms in total. The molecular formula is C13H20N2O3S. The first-order valence-electron chi connectivity index (χ1n) is 6.09. The van der Waals surface area contributed by atoms with Crippen LogP contribution in [0.15, 0.2) is 16.8 Å². The Labute approximate surface area is 117 Å². The van der Waals surface area contributed by atoms with Crippen molar-refractivity contribution >= 4 is 28.8 Å². The molecule has 0 aliphatic heterocycles. The number of hydrogen-bond donors (Lipinski definition) is 3. The Hall–Kier alpha value is -1.40. The molecule has 0 spiro atoms. The fourth-order valence-corrected chi connectivity index (χ4v) is 2.38. The van der Waals surface area contributed by atoms with Crippen LogP contribution in [0.2, 0.25) is 0 Å². The fourth-order valence-electron chi connectivity index (χ4n) is 1.80. The average molecular weight is 284 g/mol. The van der Waals surface area contributed by atoms with Gasteiger partial charge in [0.25, 0.3) is 0 Å². The molecule has 0 aliphatic carbocycles. The second-order valence-corrected chi connectivity index (χ2v) is 6.15. The van der Waals surface area contributed by atoms with Crippen LogP contribution in [0.4, 0.5) is 5.69 Å². The highest BCUT2D eigenvalue weighted by atomic mass is 32.1. The Balaban J connectivity index is 2.40. The van der Waals surface area contributed by atoms with Gasteiger partial charge in [-0.2, -0.15) is 11.3 Å². The lowest BCUT2D eigenvalue weighted by atomic mass is 9.87. The number of nitrogens with one attached hydrogen (secondary N) is 2. The van der Waals surface area contributed by atoms with Gasteiger partial charge in [-0.05, 0) is 30.2 Å². The average Bonchev–Trinajstić information content (AvgIpc) is 2.76. The molecule has 6 heteroatoms. The maximum Gasteiger partial charge on any atom is 0.313 e. The molecule has 1 unspecified atom stereocenters. The molecule has 1 aromatic heterocycles. The Morgan fingerprint density at radius 3 is 2.63 bits per heavy atom. The van der Waals surface area contributed by atoms with Gasteiger partial charge in [-0.25, -0.2) is 0 Å². The maximum atomic E-state index is 11.6. The Morgan fingerprint density at radius 2 is 2.11 bits per heavy atom. The van der Waals surface area contributed by atoms with Crippen LogP contribution in [0.5, 0.6) is 0 Å². The number of carbonyl (C=O) groups excluding carboxylic acids is 2. The molecule has 106 valence electrons.